The van der Waals surface area contributed by atoms with E-state index in [0.717, 1.165) is 31.5 Å². The average Bonchev–Trinajstić information content (AvgIpc) is 3.42. The van der Waals surface area contributed by atoms with Crippen molar-refractivity contribution in [2.45, 2.75) is 32.2 Å². The van der Waals surface area contributed by atoms with Crippen molar-refractivity contribution in [3.05, 3.63) is 34.4 Å². The van der Waals surface area contributed by atoms with E-state index in [4.69, 9.17) is 4.52 Å². The molecule has 3 aromatic rings. The highest BCUT2D eigenvalue weighted by atomic mass is 32.1. The first-order chi connectivity index (χ1) is 12.2. The fraction of sp³-hybridized carbons (Fsp3) is 0.438. The molecule has 0 unspecified atom stereocenters. The van der Waals surface area contributed by atoms with Crippen molar-refractivity contribution in [2.24, 2.45) is 0 Å². The molecular formula is C16H18N6O2S. The molecular weight excluding hydrogens is 340 g/mol. The Morgan fingerprint density at radius 1 is 1.40 bits per heavy atom. The van der Waals surface area contributed by atoms with Gasteiger partial charge in [-0.15, -0.1) is 5.10 Å². The highest BCUT2D eigenvalue weighted by Gasteiger charge is 2.26. The number of hydrogen-bond donors (Lipinski definition) is 0. The highest BCUT2D eigenvalue weighted by molar-refractivity contribution is 7.08. The van der Waals surface area contributed by atoms with Gasteiger partial charge in [-0.2, -0.15) is 16.3 Å². The Bertz CT molecular complexity index is 848. The summed E-state index contributed by atoms with van der Waals surface area (Å²) in [5.74, 6) is 1.16. The lowest BCUT2D eigenvalue weighted by Crippen LogP contribution is -2.39. The van der Waals surface area contributed by atoms with Crippen LogP contribution in [-0.2, 0) is 6.42 Å². The summed E-state index contributed by atoms with van der Waals surface area (Å²) < 4.78 is 7.05. The van der Waals surface area contributed by atoms with Crippen LogP contribution in [-0.4, -0.2) is 49.0 Å². The van der Waals surface area contributed by atoms with Crippen LogP contribution < -0.4 is 0 Å². The van der Waals surface area contributed by atoms with E-state index in [1.165, 1.54) is 0 Å². The summed E-state index contributed by atoms with van der Waals surface area (Å²) >= 11 is 1.54. The zero-order valence-electron chi connectivity index (χ0n) is 13.8. The van der Waals surface area contributed by atoms with Gasteiger partial charge in [0.1, 0.15) is 0 Å². The van der Waals surface area contributed by atoms with Crippen molar-refractivity contribution in [3.63, 3.8) is 0 Å². The van der Waals surface area contributed by atoms with Gasteiger partial charge in [-0.25, -0.2) is 4.68 Å². The minimum atomic E-state index is 0.108. The average molecular weight is 358 g/mol. The van der Waals surface area contributed by atoms with Gasteiger partial charge in [-0.1, -0.05) is 17.3 Å². The first kappa shape index (κ1) is 15.9. The van der Waals surface area contributed by atoms with E-state index in [2.05, 4.69) is 20.5 Å². The Balaban J connectivity index is 1.40. The number of nitrogens with zero attached hydrogens (tertiary/aromatic N) is 6. The van der Waals surface area contributed by atoms with Crippen molar-refractivity contribution in [3.8, 4) is 11.6 Å². The minimum absolute atomic E-state index is 0.108. The molecule has 0 radical (unpaired) electrons. The van der Waals surface area contributed by atoms with Crippen LogP contribution in [0.4, 0.5) is 0 Å². The number of rotatable bonds is 4. The smallest absolute Gasteiger partial charge is 0.280 e. The summed E-state index contributed by atoms with van der Waals surface area (Å²) in [5, 5.41) is 16.1. The standard InChI is InChI=1S/C16H18N6O2S/c1-2-14-17-15(24-19-14)13-9-22(20-18-13)12-3-6-21(7-4-12)16(23)11-5-8-25-10-11/h5,8-10,12H,2-4,6-7H2,1H3. The molecule has 1 aliphatic heterocycles. The molecule has 0 aromatic carbocycles. The molecule has 0 bridgehead atoms. The number of aryl methyl sites for hydroxylation is 1. The van der Waals surface area contributed by atoms with Crippen molar-refractivity contribution in [1.29, 1.82) is 0 Å². The number of amides is 1. The van der Waals surface area contributed by atoms with E-state index in [1.54, 1.807) is 11.3 Å². The Morgan fingerprint density at radius 3 is 2.92 bits per heavy atom. The van der Waals surface area contributed by atoms with Crippen molar-refractivity contribution in [1.82, 2.24) is 30.0 Å². The maximum atomic E-state index is 12.4. The zero-order valence-corrected chi connectivity index (χ0v) is 14.6. The molecule has 1 saturated heterocycles. The Hall–Kier alpha value is -2.55. The second-order valence-corrected chi connectivity index (χ2v) is 6.77. The van der Waals surface area contributed by atoms with Gasteiger partial charge in [-0.3, -0.25) is 4.79 Å². The Labute approximate surface area is 148 Å². The van der Waals surface area contributed by atoms with E-state index in [0.29, 0.717) is 23.8 Å². The van der Waals surface area contributed by atoms with Crippen LogP contribution >= 0.6 is 11.3 Å². The number of carbonyl (C=O) groups is 1. The van der Waals surface area contributed by atoms with Crippen LogP contribution in [0.3, 0.4) is 0 Å². The lowest BCUT2D eigenvalue weighted by Gasteiger charge is -2.31. The van der Waals surface area contributed by atoms with Crippen LogP contribution in [0.25, 0.3) is 11.6 Å². The van der Waals surface area contributed by atoms with Gasteiger partial charge in [-0.05, 0) is 24.3 Å². The molecule has 4 rings (SSSR count). The molecule has 4 heterocycles. The van der Waals surface area contributed by atoms with Crippen molar-refractivity contribution < 1.29 is 9.32 Å². The molecule has 0 N–H and O–H groups in total. The van der Waals surface area contributed by atoms with Crippen LogP contribution in [0.1, 0.15) is 42.0 Å². The van der Waals surface area contributed by atoms with E-state index in [1.807, 2.05) is 39.5 Å². The zero-order chi connectivity index (χ0) is 17.2. The van der Waals surface area contributed by atoms with E-state index in [-0.39, 0.29) is 11.9 Å². The van der Waals surface area contributed by atoms with Crippen LogP contribution in [0.5, 0.6) is 0 Å². The van der Waals surface area contributed by atoms with Crippen molar-refractivity contribution in [2.75, 3.05) is 13.1 Å². The lowest BCUT2D eigenvalue weighted by atomic mass is 10.0. The number of carbonyl (C=O) groups excluding carboxylic acids is 1. The van der Waals surface area contributed by atoms with Gasteiger partial charge in [0.15, 0.2) is 11.5 Å². The third-order valence-electron chi connectivity index (χ3n) is 4.41. The number of aromatic nitrogens is 5. The molecule has 0 aliphatic carbocycles. The SMILES string of the molecule is CCc1noc(-c2cn(C3CCN(C(=O)c4ccsc4)CC3)nn2)n1. The summed E-state index contributed by atoms with van der Waals surface area (Å²) in [6.07, 6.45) is 4.26. The van der Waals surface area contributed by atoms with Crippen LogP contribution in [0, 0.1) is 0 Å². The molecule has 0 saturated carbocycles. The first-order valence-corrected chi connectivity index (χ1v) is 9.25. The van der Waals surface area contributed by atoms with E-state index in [9.17, 15) is 4.79 Å². The molecule has 3 aromatic heterocycles. The lowest BCUT2D eigenvalue weighted by molar-refractivity contribution is 0.0690. The van der Waals surface area contributed by atoms with Crippen molar-refractivity contribution >= 4 is 17.2 Å². The largest absolute Gasteiger partial charge is 0.338 e. The molecule has 0 spiro atoms. The van der Waals surface area contributed by atoms with Crippen LogP contribution in [0.2, 0.25) is 0 Å². The third kappa shape index (κ3) is 3.19. The second-order valence-electron chi connectivity index (χ2n) is 5.99. The van der Waals surface area contributed by atoms with E-state index < -0.39 is 0 Å². The summed E-state index contributed by atoms with van der Waals surface area (Å²) in [6.45, 7) is 3.40. The monoisotopic (exact) mass is 358 g/mol. The number of piperidine rings is 1. The molecule has 130 valence electrons. The highest BCUT2D eigenvalue weighted by Crippen LogP contribution is 2.25. The normalized spacial score (nSPS) is 15.6. The van der Waals surface area contributed by atoms with Gasteiger partial charge in [0.25, 0.3) is 11.8 Å². The molecule has 1 amide bonds. The minimum Gasteiger partial charge on any atom is -0.338 e. The molecule has 1 aliphatic rings. The molecule has 8 nitrogen and oxygen atoms in total. The van der Waals surface area contributed by atoms with Crippen LogP contribution in [0.15, 0.2) is 27.5 Å². The summed E-state index contributed by atoms with van der Waals surface area (Å²) in [5.41, 5.74) is 1.36. The van der Waals surface area contributed by atoms with Gasteiger partial charge in [0, 0.05) is 24.9 Å². The fourth-order valence-electron chi connectivity index (χ4n) is 2.96. The predicted molar refractivity (Wildman–Crippen MR) is 91.2 cm³/mol. The predicted octanol–water partition coefficient (Wildman–Crippen LogP) is 2.43. The van der Waals surface area contributed by atoms with Gasteiger partial charge >= 0.3 is 0 Å². The van der Waals surface area contributed by atoms with Gasteiger partial charge < -0.3 is 9.42 Å². The number of thiophene rings is 1. The Kier molecular flexibility index (Phi) is 4.31. The Morgan fingerprint density at radius 2 is 2.24 bits per heavy atom. The third-order valence-corrected chi connectivity index (χ3v) is 5.09. The maximum absolute atomic E-state index is 12.4. The number of hydrogen-bond acceptors (Lipinski definition) is 7. The second kappa shape index (κ2) is 6.75. The molecule has 25 heavy (non-hydrogen) atoms. The number of likely N-dealkylation sites (tertiary alicyclic amines) is 1. The molecule has 0 atom stereocenters. The summed E-state index contributed by atoms with van der Waals surface area (Å²) in [7, 11) is 0. The van der Waals surface area contributed by atoms with Gasteiger partial charge in [0.2, 0.25) is 0 Å². The summed E-state index contributed by atoms with van der Waals surface area (Å²) in [4.78, 5) is 18.6. The fourth-order valence-corrected chi connectivity index (χ4v) is 3.59. The molecule has 1 fully saturated rings. The molecule has 9 heteroatoms. The quantitative estimate of drug-likeness (QED) is 0.711. The van der Waals surface area contributed by atoms with E-state index >= 15 is 0 Å². The topological polar surface area (TPSA) is 89.9 Å². The first-order valence-electron chi connectivity index (χ1n) is 8.31. The summed E-state index contributed by atoms with van der Waals surface area (Å²) in [6, 6.07) is 2.10. The maximum Gasteiger partial charge on any atom is 0.280 e. The van der Waals surface area contributed by atoms with Gasteiger partial charge in [0.05, 0.1) is 17.8 Å².